The van der Waals surface area contributed by atoms with Gasteiger partial charge in [-0.3, -0.25) is 0 Å². The number of hydrogen-bond donors (Lipinski definition) is 0. The molecule has 0 radical (unpaired) electrons. The zero-order chi connectivity index (χ0) is 10.8. The Labute approximate surface area is 89.7 Å². The molecule has 0 saturated heterocycles. The number of aryl methyl sites for hydroxylation is 1. The van der Waals surface area contributed by atoms with Gasteiger partial charge in [0.15, 0.2) is 0 Å². The summed E-state index contributed by atoms with van der Waals surface area (Å²) in [4.78, 5) is 0. The van der Waals surface area contributed by atoms with Gasteiger partial charge in [0.1, 0.15) is 11.0 Å². The van der Waals surface area contributed by atoms with E-state index < -0.39 is 0 Å². The van der Waals surface area contributed by atoms with Crippen molar-refractivity contribution in [2.75, 3.05) is 0 Å². The molecule has 1 heterocycles. The van der Waals surface area contributed by atoms with Gasteiger partial charge in [0.25, 0.3) is 0 Å². The summed E-state index contributed by atoms with van der Waals surface area (Å²) < 4.78 is 5.72. The molecule has 78 valence electrons. The van der Waals surface area contributed by atoms with Crippen molar-refractivity contribution in [3.63, 3.8) is 0 Å². The van der Waals surface area contributed by atoms with Gasteiger partial charge in [0.2, 0.25) is 0 Å². The lowest BCUT2D eigenvalue weighted by molar-refractivity contribution is 0.574. The lowest BCUT2D eigenvalue weighted by Gasteiger charge is -1.96. The van der Waals surface area contributed by atoms with E-state index in [9.17, 15) is 0 Å². The average molecular weight is 200 g/mol. The molecule has 1 nitrogen and oxygen atoms in total. The van der Waals surface area contributed by atoms with E-state index in [1.165, 1.54) is 5.56 Å². The quantitative estimate of drug-likeness (QED) is 0.726. The molecule has 0 atom stereocenters. The third-order valence-corrected chi connectivity index (χ3v) is 2.69. The highest BCUT2D eigenvalue weighted by molar-refractivity contribution is 5.78. The summed E-state index contributed by atoms with van der Waals surface area (Å²) in [7, 11) is 0. The van der Waals surface area contributed by atoms with Gasteiger partial charge in [0.05, 0.1) is 0 Å². The molecule has 0 saturated carbocycles. The molecule has 1 aromatic carbocycles. The molecule has 15 heavy (non-hydrogen) atoms. The second-order valence-corrected chi connectivity index (χ2v) is 3.81. The zero-order valence-corrected chi connectivity index (χ0v) is 9.34. The van der Waals surface area contributed by atoms with Crippen LogP contribution in [-0.4, -0.2) is 0 Å². The second-order valence-electron chi connectivity index (χ2n) is 3.81. The first-order chi connectivity index (χ1) is 7.26. The first kappa shape index (κ1) is 10.0. The molecule has 1 heteroatoms. The van der Waals surface area contributed by atoms with E-state index in [1.54, 1.807) is 0 Å². The third kappa shape index (κ3) is 1.70. The Hall–Kier alpha value is -1.50. The lowest BCUT2D eigenvalue weighted by atomic mass is 10.1. The van der Waals surface area contributed by atoms with Crippen molar-refractivity contribution in [3.05, 3.63) is 34.4 Å². The Balaban J connectivity index is 2.69. The van der Waals surface area contributed by atoms with Crippen molar-refractivity contribution in [2.24, 2.45) is 0 Å². The van der Waals surface area contributed by atoms with E-state index >= 15 is 0 Å². The van der Waals surface area contributed by atoms with Gasteiger partial charge in [0, 0.05) is 10.6 Å². The number of hydrogen-bond acceptors (Lipinski definition) is 1. The Bertz CT molecular complexity index is 575. The first-order valence-corrected chi connectivity index (χ1v) is 5.43. The van der Waals surface area contributed by atoms with Gasteiger partial charge in [-0.05, 0) is 31.1 Å². The van der Waals surface area contributed by atoms with Crippen LogP contribution in [0, 0.1) is 0 Å². The molecule has 0 aliphatic rings. The van der Waals surface area contributed by atoms with Crippen LogP contribution in [0.3, 0.4) is 0 Å². The summed E-state index contributed by atoms with van der Waals surface area (Å²) in [5, 5.41) is 2.12. The molecular formula is C14H16O. The van der Waals surface area contributed by atoms with Gasteiger partial charge in [-0.15, -0.1) is 0 Å². The Morgan fingerprint density at radius 2 is 2.20 bits per heavy atom. The average Bonchev–Trinajstić information content (AvgIpc) is 2.56. The summed E-state index contributed by atoms with van der Waals surface area (Å²) in [6.45, 7) is 8.19. The van der Waals surface area contributed by atoms with E-state index in [0.717, 1.165) is 34.4 Å². The number of fused-ring (bicyclic) bond motifs is 1. The van der Waals surface area contributed by atoms with E-state index in [2.05, 4.69) is 31.7 Å². The molecule has 0 aliphatic carbocycles. The minimum absolute atomic E-state index is 0.888. The van der Waals surface area contributed by atoms with E-state index in [4.69, 9.17) is 4.42 Å². The Kier molecular flexibility index (Phi) is 2.63. The molecule has 0 N–H and O–H groups in total. The van der Waals surface area contributed by atoms with Crippen LogP contribution in [0.25, 0.3) is 23.6 Å². The third-order valence-electron chi connectivity index (χ3n) is 2.69. The maximum Gasteiger partial charge on any atom is 0.135 e. The van der Waals surface area contributed by atoms with Crippen molar-refractivity contribution in [3.8, 4) is 0 Å². The molecule has 0 spiro atoms. The first-order valence-electron chi connectivity index (χ1n) is 5.43. The minimum Gasteiger partial charge on any atom is -0.456 e. The highest BCUT2D eigenvalue weighted by Gasteiger charge is 2.01. The Morgan fingerprint density at radius 3 is 2.87 bits per heavy atom. The number of benzene rings is 1. The van der Waals surface area contributed by atoms with Crippen LogP contribution < -0.4 is 10.6 Å². The Morgan fingerprint density at radius 1 is 1.40 bits per heavy atom. The molecule has 0 amide bonds. The maximum absolute atomic E-state index is 5.72. The SMILES string of the molecule is C=c1/c(=C\C)oc2cc(CCC)ccc12. The fourth-order valence-corrected chi connectivity index (χ4v) is 1.89. The summed E-state index contributed by atoms with van der Waals surface area (Å²) in [5.41, 5.74) is 3.18. The van der Waals surface area contributed by atoms with E-state index in [-0.39, 0.29) is 0 Å². The van der Waals surface area contributed by atoms with Gasteiger partial charge < -0.3 is 4.42 Å². The zero-order valence-electron chi connectivity index (χ0n) is 9.34. The maximum atomic E-state index is 5.72. The van der Waals surface area contributed by atoms with Gasteiger partial charge in [-0.1, -0.05) is 32.1 Å². The summed E-state index contributed by atoms with van der Waals surface area (Å²) in [6.07, 6.45) is 4.23. The topological polar surface area (TPSA) is 13.1 Å². The largest absolute Gasteiger partial charge is 0.456 e. The molecular weight excluding hydrogens is 184 g/mol. The number of furan rings is 1. The van der Waals surface area contributed by atoms with Crippen molar-refractivity contribution < 1.29 is 4.42 Å². The van der Waals surface area contributed by atoms with Crippen molar-refractivity contribution in [2.45, 2.75) is 26.7 Å². The van der Waals surface area contributed by atoms with E-state index in [0.29, 0.717) is 0 Å². The van der Waals surface area contributed by atoms with Crippen LogP contribution in [0.1, 0.15) is 25.8 Å². The molecule has 2 rings (SSSR count). The van der Waals surface area contributed by atoms with Crippen molar-refractivity contribution >= 4 is 23.6 Å². The minimum atomic E-state index is 0.888. The molecule has 1 aromatic heterocycles. The van der Waals surface area contributed by atoms with Gasteiger partial charge in [-0.2, -0.15) is 0 Å². The molecule has 0 unspecified atom stereocenters. The van der Waals surface area contributed by atoms with Gasteiger partial charge in [-0.25, -0.2) is 0 Å². The van der Waals surface area contributed by atoms with Crippen molar-refractivity contribution in [1.82, 2.24) is 0 Å². The fourth-order valence-electron chi connectivity index (χ4n) is 1.89. The molecule has 2 aromatic rings. The molecule has 0 fully saturated rings. The van der Waals surface area contributed by atoms with Crippen LogP contribution in [0.5, 0.6) is 0 Å². The second kappa shape index (κ2) is 3.93. The molecule has 0 bridgehead atoms. The fraction of sp³-hybridized carbons (Fsp3) is 0.286. The standard InChI is InChI=1S/C14H16O/c1-4-6-11-7-8-12-10(3)13(5-2)15-14(12)9-11/h5,7-9H,3-4,6H2,1-2H3/b13-5+. The summed E-state index contributed by atoms with van der Waals surface area (Å²) in [6, 6.07) is 6.40. The predicted octanol–water partition coefficient (Wildman–Crippen LogP) is 2.60. The lowest BCUT2D eigenvalue weighted by Crippen LogP contribution is -2.16. The predicted molar refractivity (Wildman–Crippen MR) is 65.1 cm³/mol. The molecule has 0 aliphatic heterocycles. The number of rotatable bonds is 2. The normalized spacial score (nSPS) is 12.5. The monoisotopic (exact) mass is 200 g/mol. The smallest absolute Gasteiger partial charge is 0.135 e. The van der Waals surface area contributed by atoms with Crippen LogP contribution in [0.4, 0.5) is 0 Å². The van der Waals surface area contributed by atoms with Crippen LogP contribution in [0.15, 0.2) is 22.6 Å². The van der Waals surface area contributed by atoms with Crippen LogP contribution >= 0.6 is 0 Å². The van der Waals surface area contributed by atoms with Crippen LogP contribution in [0.2, 0.25) is 0 Å². The highest BCUT2D eigenvalue weighted by Crippen LogP contribution is 2.12. The highest BCUT2D eigenvalue weighted by atomic mass is 16.3. The van der Waals surface area contributed by atoms with Crippen molar-refractivity contribution in [1.29, 1.82) is 0 Å². The van der Waals surface area contributed by atoms with E-state index in [1.807, 2.05) is 13.0 Å². The van der Waals surface area contributed by atoms with Gasteiger partial charge >= 0.3 is 0 Å². The summed E-state index contributed by atoms with van der Waals surface area (Å²) >= 11 is 0. The van der Waals surface area contributed by atoms with Crippen LogP contribution in [-0.2, 0) is 6.42 Å². The summed E-state index contributed by atoms with van der Waals surface area (Å²) in [5.74, 6) is 0.